The molecule has 0 aliphatic heterocycles. The molecule has 146 valence electrons. The molecule has 3 aromatic rings. The van der Waals surface area contributed by atoms with Crippen LogP contribution in [0.15, 0.2) is 66.7 Å². The van der Waals surface area contributed by atoms with E-state index >= 15 is 0 Å². The van der Waals surface area contributed by atoms with Crippen LogP contribution < -0.4 is 15.4 Å². The van der Waals surface area contributed by atoms with Crippen molar-refractivity contribution in [2.45, 2.75) is 18.9 Å². The molecule has 5 nitrogen and oxygen atoms in total. The van der Waals surface area contributed by atoms with Gasteiger partial charge < -0.3 is 20.5 Å². The first-order valence-electron chi connectivity index (χ1n) is 9.48. The second-order valence-corrected chi connectivity index (χ2v) is 6.65. The molecule has 3 aromatic carbocycles. The summed E-state index contributed by atoms with van der Waals surface area (Å²) in [5.41, 5.74) is 2.02. The van der Waals surface area contributed by atoms with E-state index in [2.05, 4.69) is 10.6 Å². The molecular weight excluding hydrogens is 352 g/mol. The Morgan fingerprint density at radius 1 is 0.964 bits per heavy atom. The first-order valence-corrected chi connectivity index (χ1v) is 9.48. The summed E-state index contributed by atoms with van der Waals surface area (Å²) in [6, 6.07) is 21.4. The number of hydrogen-bond donors (Lipinski definition) is 3. The van der Waals surface area contributed by atoms with Gasteiger partial charge in [0.1, 0.15) is 5.75 Å². The summed E-state index contributed by atoms with van der Waals surface area (Å²) in [6.45, 7) is 0.947. The fourth-order valence-corrected chi connectivity index (χ4v) is 3.19. The number of urea groups is 1. The summed E-state index contributed by atoms with van der Waals surface area (Å²) < 4.78 is 5.13. The SMILES string of the molecule is COc1ccc(CCNC(=O)NCCC(O)c2cccc3ccccc23)cc1. The number of aliphatic hydroxyl groups excluding tert-OH is 1. The number of aliphatic hydroxyl groups is 1. The average molecular weight is 378 g/mol. The number of rotatable bonds is 8. The van der Waals surface area contributed by atoms with Gasteiger partial charge in [-0.25, -0.2) is 4.79 Å². The van der Waals surface area contributed by atoms with E-state index < -0.39 is 6.10 Å². The molecule has 2 amide bonds. The molecule has 0 aliphatic carbocycles. The van der Waals surface area contributed by atoms with E-state index in [1.165, 1.54) is 0 Å². The van der Waals surface area contributed by atoms with Crippen molar-refractivity contribution in [3.8, 4) is 5.75 Å². The Balaban J connectivity index is 1.40. The largest absolute Gasteiger partial charge is 0.497 e. The van der Waals surface area contributed by atoms with Gasteiger partial charge >= 0.3 is 6.03 Å². The number of nitrogens with one attached hydrogen (secondary N) is 2. The van der Waals surface area contributed by atoms with Gasteiger partial charge in [-0.2, -0.15) is 0 Å². The lowest BCUT2D eigenvalue weighted by Gasteiger charge is -2.14. The molecule has 28 heavy (non-hydrogen) atoms. The predicted molar refractivity (Wildman–Crippen MR) is 112 cm³/mol. The van der Waals surface area contributed by atoms with Gasteiger partial charge in [0.25, 0.3) is 0 Å². The van der Waals surface area contributed by atoms with E-state index in [1.807, 2.05) is 66.7 Å². The van der Waals surface area contributed by atoms with Crippen molar-refractivity contribution in [1.82, 2.24) is 10.6 Å². The van der Waals surface area contributed by atoms with Gasteiger partial charge in [-0.3, -0.25) is 0 Å². The van der Waals surface area contributed by atoms with E-state index in [-0.39, 0.29) is 6.03 Å². The molecule has 0 spiro atoms. The summed E-state index contributed by atoms with van der Waals surface area (Å²) >= 11 is 0. The van der Waals surface area contributed by atoms with Gasteiger partial charge in [0.15, 0.2) is 0 Å². The second-order valence-electron chi connectivity index (χ2n) is 6.65. The van der Waals surface area contributed by atoms with Crippen LogP contribution in [0.4, 0.5) is 4.79 Å². The molecule has 0 heterocycles. The average Bonchev–Trinajstić information content (AvgIpc) is 2.73. The zero-order chi connectivity index (χ0) is 19.8. The zero-order valence-electron chi connectivity index (χ0n) is 16.0. The highest BCUT2D eigenvalue weighted by molar-refractivity contribution is 5.86. The predicted octanol–water partition coefficient (Wildman–Crippen LogP) is 3.81. The molecule has 0 bridgehead atoms. The molecule has 0 saturated carbocycles. The molecule has 0 fully saturated rings. The smallest absolute Gasteiger partial charge is 0.314 e. The molecule has 1 atom stereocenters. The topological polar surface area (TPSA) is 70.6 Å². The summed E-state index contributed by atoms with van der Waals surface area (Å²) in [5.74, 6) is 0.819. The van der Waals surface area contributed by atoms with Crippen molar-refractivity contribution in [2.75, 3.05) is 20.2 Å². The first-order chi connectivity index (χ1) is 13.7. The molecule has 5 heteroatoms. The van der Waals surface area contributed by atoms with Crippen LogP contribution in [0.2, 0.25) is 0 Å². The van der Waals surface area contributed by atoms with Crippen LogP contribution >= 0.6 is 0 Å². The molecule has 0 aliphatic rings. The number of amides is 2. The van der Waals surface area contributed by atoms with Crippen LogP contribution in [0.1, 0.15) is 23.7 Å². The molecule has 0 radical (unpaired) electrons. The highest BCUT2D eigenvalue weighted by Crippen LogP contribution is 2.25. The minimum absolute atomic E-state index is 0.223. The Kier molecular flexibility index (Phi) is 6.87. The van der Waals surface area contributed by atoms with Crippen molar-refractivity contribution in [3.63, 3.8) is 0 Å². The van der Waals surface area contributed by atoms with Gasteiger partial charge in [0.2, 0.25) is 0 Å². The third-order valence-corrected chi connectivity index (χ3v) is 4.74. The van der Waals surface area contributed by atoms with Crippen LogP contribution in [0.25, 0.3) is 10.8 Å². The second kappa shape index (κ2) is 9.76. The molecule has 0 saturated heterocycles. The van der Waals surface area contributed by atoms with Gasteiger partial charge in [-0.05, 0) is 46.9 Å². The maximum absolute atomic E-state index is 11.9. The highest BCUT2D eigenvalue weighted by Gasteiger charge is 2.11. The van der Waals surface area contributed by atoms with Crippen LogP contribution in [-0.4, -0.2) is 31.3 Å². The number of hydrogen-bond acceptors (Lipinski definition) is 3. The third kappa shape index (κ3) is 5.24. The lowest BCUT2D eigenvalue weighted by atomic mass is 9.99. The van der Waals surface area contributed by atoms with E-state index in [1.54, 1.807) is 7.11 Å². The lowest BCUT2D eigenvalue weighted by Crippen LogP contribution is -2.37. The maximum atomic E-state index is 11.9. The number of carbonyl (C=O) groups excluding carboxylic acids is 1. The quantitative estimate of drug-likeness (QED) is 0.558. The normalized spacial score (nSPS) is 11.8. The van der Waals surface area contributed by atoms with Crippen LogP contribution in [0.3, 0.4) is 0 Å². The van der Waals surface area contributed by atoms with Gasteiger partial charge in [-0.1, -0.05) is 54.6 Å². The summed E-state index contributed by atoms with van der Waals surface area (Å²) in [6.07, 6.45) is 0.585. The summed E-state index contributed by atoms with van der Waals surface area (Å²) in [7, 11) is 1.64. The van der Waals surface area contributed by atoms with Gasteiger partial charge in [-0.15, -0.1) is 0 Å². The van der Waals surface area contributed by atoms with E-state index in [0.29, 0.717) is 19.5 Å². The number of methoxy groups -OCH3 is 1. The fourth-order valence-electron chi connectivity index (χ4n) is 3.19. The van der Waals surface area contributed by atoms with Gasteiger partial charge in [0.05, 0.1) is 13.2 Å². The Bertz CT molecular complexity index is 904. The van der Waals surface area contributed by atoms with E-state index in [9.17, 15) is 9.90 Å². The molecular formula is C23H26N2O3. The van der Waals surface area contributed by atoms with Crippen molar-refractivity contribution >= 4 is 16.8 Å². The minimum atomic E-state index is -0.620. The Hall–Kier alpha value is -3.05. The lowest BCUT2D eigenvalue weighted by molar-refractivity contribution is 0.168. The highest BCUT2D eigenvalue weighted by atomic mass is 16.5. The third-order valence-electron chi connectivity index (χ3n) is 4.74. The number of benzene rings is 3. The number of carbonyl (C=O) groups is 1. The Morgan fingerprint density at radius 3 is 2.46 bits per heavy atom. The molecule has 3 N–H and O–H groups in total. The molecule has 0 aromatic heterocycles. The standard InChI is InChI=1S/C23H26N2O3/c1-28-19-11-9-17(10-12-19)13-15-24-23(27)25-16-14-22(26)21-8-4-6-18-5-2-3-7-20(18)21/h2-12,22,26H,13-16H2,1H3,(H2,24,25,27). The van der Waals surface area contributed by atoms with Crippen molar-refractivity contribution in [1.29, 1.82) is 0 Å². The van der Waals surface area contributed by atoms with Crippen LogP contribution in [-0.2, 0) is 6.42 Å². The van der Waals surface area contributed by atoms with Crippen molar-refractivity contribution in [2.24, 2.45) is 0 Å². The van der Waals surface area contributed by atoms with E-state index in [4.69, 9.17) is 4.74 Å². The summed E-state index contributed by atoms with van der Waals surface area (Å²) in [4.78, 5) is 11.9. The Morgan fingerprint density at radius 2 is 1.68 bits per heavy atom. The number of ether oxygens (including phenoxy) is 1. The zero-order valence-corrected chi connectivity index (χ0v) is 16.0. The maximum Gasteiger partial charge on any atom is 0.314 e. The summed E-state index contributed by atoms with van der Waals surface area (Å²) in [5, 5.41) is 18.3. The van der Waals surface area contributed by atoms with Crippen molar-refractivity contribution in [3.05, 3.63) is 77.9 Å². The van der Waals surface area contributed by atoms with Crippen LogP contribution in [0.5, 0.6) is 5.75 Å². The fraction of sp³-hybridized carbons (Fsp3) is 0.261. The van der Waals surface area contributed by atoms with Crippen molar-refractivity contribution < 1.29 is 14.6 Å². The first kappa shape index (κ1) is 19.7. The monoisotopic (exact) mass is 378 g/mol. The number of fused-ring (bicyclic) bond motifs is 1. The van der Waals surface area contributed by atoms with E-state index in [0.717, 1.165) is 34.1 Å². The molecule has 1 unspecified atom stereocenters. The van der Waals surface area contributed by atoms with Crippen LogP contribution in [0, 0.1) is 0 Å². The minimum Gasteiger partial charge on any atom is -0.497 e. The Labute approximate surface area is 165 Å². The molecule has 3 rings (SSSR count). The van der Waals surface area contributed by atoms with Gasteiger partial charge in [0, 0.05) is 13.1 Å².